The summed E-state index contributed by atoms with van der Waals surface area (Å²) in [6, 6.07) is -0.327. The van der Waals surface area contributed by atoms with Crippen molar-refractivity contribution in [2.75, 3.05) is 19.6 Å². The number of rotatable bonds is 4. The molecule has 9 heteroatoms. The van der Waals surface area contributed by atoms with Crippen LogP contribution in [0, 0.1) is 11.3 Å². The van der Waals surface area contributed by atoms with Crippen molar-refractivity contribution in [1.82, 2.24) is 20.4 Å². The van der Waals surface area contributed by atoms with Crippen molar-refractivity contribution in [2.24, 2.45) is 11.3 Å². The van der Waals surface area contributed by atoms with Crippen molar-refractivity contribution < 1.29 is 23.1 Å². The highest BCUT2D eigenvalue weighted by Gasteiger charge is 2.50. The number of aliphatic hydroxyl groups excluding tert-OH is 1. The number of carbonyl (C=O) groups excluding carboxylic acids is 1. The van der Waals surface area contributed by atoms with Crippen LogP contribution in [0.3, 0.4) is 0 Å². The standard InChI is InChI=1S/C25H38F2N4O3/c1-16(2)24(22-30-29-20(34-22)17-4-8-25(26,27)9-5-17)10-12-31(13-11-24)21(33)18-14-19(32)23(15-28-18)6-3-7-23/h16-19,28,32H,3-15H2,1-2H3/t18-,19+/m0/s1. The predicted molar refractivity (Wildman–Crippen MR) is 121 cm³/mol. The Morgan fingerprint density at radius 1 is 1.12 bits per heavy atom. The Hall–Kier alpha value is -1.61. The number of aromatic nitrogens is 2. The molecule has 5 rings (SSSR count). The number of nitrogens with one attached hydrogen (secondary N) is 1. The first-order valence-corrected chi connectivity index (χ1v) is 13.1. The average Bonchev–Trinajstić information content (AvgIpc) is 3.28. The Kier molecular flexibility index (Phi) is 6.24. The molecule has 1 amide bonds. The van der Waals surface area contributed by atoms with Gasteiger partial charge in [0.2, 0.25) is 23.6 Å². The van der Waals surface area contributed by atoms with Gasteiger partial charge in [-0.1, -0.05) is 20.3 Å². The van der Waals surface area contributed by atoms with E-state index in [1.54, 1.807) is 0 Å². The van der Waals surface area contributed by atoms with Gasteiger partial charge in [0.15, 0.2) is 0 Å². The summed E-state index contributed by atoms with van der Waals surface area (Å²) in [5, 5.41) is 22.7. The highest BCUT2D eigenvalue weighted by Crippen LogP contribution is 2.47. The van der Waals surface area contributed by atoms with Gasteiger partial charge < -0.3 is 19.7 Å². The second kappa shape index (κ2) is 8.80. The van der Waals surface area contributed by atoms with Gasteiger partial charge in [-0.05, 0) is 50.9 Å². The quantitative estimate of drug-likeness (QED) is 0.682. The number of piperidine rings is 2. The zero-order chi connectivity index (χ0) is 24.1. The third-order valence-corrected chi connectivity index (χ3v) is 9.52. The summed E-state index contributed by atoms with van der Waals surface area (Å²) in [5.41, 5.74) is -0.342. The molecule has 0 unspecified atom stereocenters. The van der Waals surface area contributed by atoms with Crippen LogP contribution in [-0.2, 0) is 10.2 Å². The van der Waals surface area contributed by atoms with Crippen LogP contribution < -0.4 is 5.32 Å². The van der Waals surface area contributed by atoms with E-state index in [4.69, 9.17) is 4.42 Å². The topological polar surface area (TPSA) is 91.5 Å². The number of alkyl halides is 2. The molecule has 3 heterocycles. The van der Waals surface area contributed by atoms with Gasteiger partial charge in [-0.2, -0.15) is 0 Å². The minimum atomic E-state index is -2.58. The average molecular weight is 481 g/mol. The van der Waals surface area contributed by atoms with E-state index in [9.17, 15) is 18.7 Å². The summed E-state index contributed by atoms with van der Waals surface area (Å²) in [7, 11) is 0. The third kappa shape index (κ3) is 4.16. The fourth-order valence-electron chi connectivity index (χ4n) is 6.60. The first-order chi connectivity index (χ1) is 16.1. The highest BCUT2D eigenvalue weighted by molar-refractivity contribution is 5.82. The van der Waals surface area contributed by atoms with E-state index < -0.39 is 12.0 Å². The minimum absolute atomic E-state index is 0.0185. The van der Waals surface area contributed by atoms with Crippen molar-refractivity contribution in [3.8, 4) is 0 Å². The van der Waals surface area contributed by atoms with E-state index in [-0.39, 0.29) is 47.5 Å². The number of aliphatic hydroxyl groups is 1. The van der Waals surface area contributed by atoms with Crippen molar-refractivity contribution in [2.45, 2.75) is 107 Å². The lowest BCUT2D eigenvalue weighted by Crippen LogP contribution is -2.62. The largest absolute Gasteiger partial charge is 0.424 e. The Bertz CT molecular complexity index is 882. The summed E-state index contributed by atoms with van der Waals surface area (Å²) in [6.07, 6.45) is 5.23. The van der Waals surface area contributed by atoms with Crippen LogP contribution >= 0.6 is 0 Å². The van der Waals surface area contributed by atoms with Crippen molar-refractivity contribution in [3.63, 3.8) is 0 Å². The first-order valence-electron chi connectivity index (χ1n) is 13.1. The molecule has 1 aromatic heterocycles. The van der Waals surface area contributed by atoms with E-state index >= 15 is 0 Å². The predicted octanol–water partition coefficient (Wildman–Crippen LogP) is 3.77. The molecular weight excluding hydrogens is 442 g/mol. The molecule has 34 heavy (non-hydrogen) atoms. The van der Waals surface area contributed by atoms with Gasteiger partial charge in [0, 0.05) is 43.8 Å². The van der Waals surface area contributed by atoms with Crippen LogP contribution in [0.15, 0.2) is 4.42 Å². The number of likely N-dealkylation sites (tertiary alicyclic amines) is 1. The maximum atomic E-state index is 13.6. The number of hydrogen-bond acceptors (Lipinski definition) is 6. The van der Waals surface area contributed by atoms with E-state index in [0.29, 0.717) is 50.7 Å². The first kappa shape index (κ1) is 24.1. The van der Waals surface area contributed by atoms with Crippen molar-refractivity contribution >= 4 is 5.91 Å². The van der Waals surface area contributed by atoms with Gasteiger partial charge in [0.25, 0.3) is 0 Å². The maximum Gasteiger partial charge on any atom is 0.248 e. The van der Waals surface area contributed by atoms with Crippen molar-refractivity contribution in [1.29, 1.82) is 0 Å². The highest BCUT2D eigenvalue weighted by atomic mass is 19.3. The van der Waals surface area contributed by atoms with Crippen molar-refractivity contribution in [3.05, 3.63) is 11.8 Å². The Balaban J connectivity index is 1.22. The molecule has 0 aromatic carbocycles. The van der Waals surface area contributed by atoms with E-state index in [2.05, 4.69) is 29.4 Å². The van der Waals surface area contributed by atoms with Crippen LogP contribution in [0.25, 0.3) is 0 Å². The molecule has 2 aliphatic heterocycles. The molecule has 7 nitrogen and oxygen atoms in total. The Morgan fingerprint density at radius 2 is 1.79 bits per heavy atom. The van der Waals surface area contributed by atoms with E-state index in [1.807, 2.05) is 4.90 Å². The SMILES string of the molecule is CC(C)C1(c2nnc(C3CCC(F)(F)CC3)o2)CCN(C(=O)[C@@H]2C[C@@H](O)C3(CCC3)CN2)CC1. The second-order valence-electron chi connectivity index (χ2n) is 11.6. The lowest BCUT2D eigenvalue weighted by atomic mass is 9.62. The van der Waals surface area contributed by atoms with Crippen LogP contribution in [0.2, 0.25) is 0 Å². The normalized spacial score (nSPS) is 30.9. The van der Waals surface area contributed by atoms with Gasteiger partial charge in [0.1, 0.15) is 0 Å². The van der Waals surface area contributed by atoms with Crippen LogP contribution in [0.1, 0.15) is 95.8 Å². The van der Waals surface area contributed by atoms with Gasteiger partial charge in [-0.3, -0.25) is 4.79 Å². The van der Waals surface area contributed by atoms with Crippen LogP contribution in [0.4, 0.5) is 8.78 Å². The number of hydrogen-bond donors (Lipinski definition) is 2. The molecule has 2 atom stereocenters. The van der Waals surface area contributed by atoms with Crippen LogP contribution in [-0.4, -0.2) is 63.8 Å². The molecule has 2 saturated carbocycles. The molecule has 4 fully saturated rings. The molecule has 4 aliphatic rings. The Morgan fingerprint density at radius 3 is 2.35 bits per heavy atom. The molecule has 2 saturated heterocycles. The molecular formula is C25H38F2N4O3. The molecule has 1 spiro atoms. The summed E-state index contributed by atoms with van der Waals surface area (Å²) in [4.78, 5) is 15.1. The summed E-state index contributed by atoms with van der Waals surface area (Å²) >= 11 is 0. The fourth-order valence-corrected chi connectivity index (χ4v) is 6.60. The lowest BCUT2D eigenvalue weighted by molar-refractivity contribution is -0.141. The lowest BCUT2D eigenvalue weighted by Gasteiger charge is -2.51. The van der Waals surface area contributed by atoms with Gasteiger partial charge in [-0.15, -0.1) is 10.2 Å². The van der Waals surface area contributed by atoms with Crippen LogP contribution in [0.5, 0.6) is 0 Å². The van der Waals surface area contributed by atoms with Gasteiger partial charge in [0.05, 0.1) is 17.6 Å². The molecule has 0 radical (unpaired) electrons. The van der Waals surface area contributed by atoms with E-state index in [1.165, 1.54) is 0 Å². The fraction of sp³-hybridized carbons (Fsp3) is 0.880. The zero-order valence-corrected chi connectivity index (χ0v) is 20.4. The molecule has 190 valence electrons. The summed E-state index contributed by atoms with van der Waals surface area (Å²) < 4.78 is 33.3. The molecule has 2 aliphatic carbocycles. The maximum absolute atomic E-state index is 13.6. The molecule has 1 aromatic rings. The Labute approximate surface area is 200 Å². The monoisotopic (exact) mass is 480 g/mol. The summed E-state index contributed by atoms with van der Waals surface area (Å²) in [5.74, 6) is -1.31. The van der Waals surface area contributed by atoms with Gasteiger partial charge in [-0.25, -0.2) is 8.78 Å². The zero-order valence-electron chi connectivity index (χ0n) is 20.4. The second-order valence-corrected chi connectivity index (χ2v) is 11.6. The number of carbonyl (C=O) groups is 1. The minimum Gasteiger partial charge on any atom is -0.424 e. The smallest absolute Gasteiger partial charge is 0.248 e. The number of amides is 1. The van der Waals surface area contributed by atoms with Gasteiger partial charge >= 0.3 is 0 Å². The summed E-state index contributed by atoms with van der Waals surface area (Å²) in [6.45, 7) is 6.19. The number of halogens is 2. The molecule has 0 bridgehead atoms. The number of nitrogens with zero attached hydrogens (tertiary/aromatic N) is 3. The van der Waals surface area contributed by atoms with E-state index in [0.717, 1.165) is 32.1 Å². The molecule has 2 N–H and O–H groups in total. The third-order valence-electron chi connectivity index (χ3n) is 9.52.